The smallest absolute Gasteiger partial charge is 0.220 e. The lowest BCUT2D eigenvalue weighted by atomic mass is 10.0. The fourth-order valence-electron chi connectivity index (χ4n) is 2.36. The van der Waals surface area contributed by atoms with Gasteiger partial charge in [-0.1, -0.05) is 0 Å². The molecule has 1 aliphatic heterocycles. The third-order valence-corrected chi connectivity index (χ3v) is 3.54. The first-order chi connectivity index (χ1) is 8.65. The van der Waals surface area contributed by atoms with E-state index in [1.165, 1.54) is 6.42 Å². The Morgan fingerprint density at radius 1 is 1.72 bits per heavy atom. The lowest BCUT2D eigenvalue weighted by Crippen LogP contribution is -2.26. The van der Waals surface area contributed by atoms with Gasteiger partial charge in [-0.05, 0) is 38.8 Å². The van der Waals surface area contributed by atoms with Crippen molar-refractivity contribution in [2.45, 2.75) is 32.2 Å². The van der Waals surface area contributed by atoms with E-state index in [0.717, 1.165) is 25.1 Å². The lowest BCUT2D eigenvalue weighted by Gasteiger charge is -2.13. The van der Waals surface area contributed by atoms with Crippen LogP contribution in [0.3, 0.4) is 0 Å². The summed E-state index contributed by atoms with van der Waals surface area (Å²) < 4.78 is 1.75. The van der Waals surface area contributed by atoms with Crippen molar-refractivity contribution in [3.63, 3.8) is 0 Å². The first kappa shape index (κ1) is 13.1. The Hall–Kier alpha value is -1.36. The van der Waals surface area contributed by atoms with Gasteiger partial charge in [-0.15, -0.1) is 0 Å². The molecule has 2 rings (SSSR count). The molecule has 1 aromatic heterocycles. The minimum atomic E-state index is 0.0351. The number of amides is 1. The number of aryl methyl sites for hydroxylation is 1. The second-order valence-electron chi connectivity index (χ2n) is 5.13. The number of hydrogen-bond donors (Lipinski definition) is 2. The van der Waals surface area contributed by atoms with Gasteiger partial charge in [-0.25, -0.2) is 0 Å². The van der Waals surface area contributed by atoms with E-state index >= 15 is 0 Å². The summed E-state index contributed by atoms with van der Waals surface area (Å²) >= 11 is 0. The molecule has 5 nitrogen and oxygen atoms in total. The van der Waals surface area contributed by atoms with Crippen LogP contribution in [0, 0.1) is 5.92 Å². The van der Waals surface area contributed by atoms with Gasteiger partial charge >= 0.3 is 0 Å². The molecular weight excluding hydrogens is 228 g/mol. The van der Waals surface area contributed by atoms with Gasteiger partial charge in [0.1, 0.15) is 0 Å². The molecule has 0 bridgehead atoms. The topological polar surface area (TPSA) is 59.0 Å². The number of nitrogens with one attached hydrogen (secondary N) is 2. The fourth-order valence-corrected chi connectivity index (χ4v) is 2.36. The first-order valence-corrected chi connectivity index (χ1v) is 6.64. The fraction of sp³-hybridized carbons (Fsp3) is 0.692. The molecular formula is C13H22N4O. The molecule has 1 amide bonds. The van der Waals surface area contributed by atoms with Gasteiger partial charge in [0.15, 0.2) is 0 Å². The third-order valence-electron chi connectivity index (χ3n) is 3.54. The molecule has 1 fully saturated rings. The van der Waals surface area contributed by atoms with Crippen LogP contribution in [0.2, 0.25) is 0 Å². The van der Waals surface area contributed by atoms with Gasteiger partial charge in [0.05, 0.1) is 12.2 Å². The average molecular weight is 250 g/mol. The van der Waals surface area contributed by atoms with E-state index in [1.807, 2.05) is 20.2 Å². The summed E-state index contributed by atoms with van der Waals surface area (Å²) in [6.07, 6.45) is 6.54. The predicted molar refractivity (Wildman–Crippen MR) is 70.0 cm³/mol. The maximum atomic E-state index is 11.8. The Labute approximate surface area is 108 Å². The molecule has 2 unspecified atom stereocenters. The maximum Gasteiger partial charge on any atom is 0.220 e. The zero-order chi connectivity index (χ0) is 13.0. The molecule has 2 heterocycles. The van der Waals surface area contributed by atoms with Crippen molar-refractivity contribution in [1.29, 1.82) is 0 Å². The average Bonchev–Trinajstić information content (AvgIpc) is 2.97. The van der Waals surface area contributed by atoms with Crippen molar-refractivity contribution in [2.75, 3.05) is 13.1 Å². The highest BCUT2D eigenvalue weighted by atomic mass is 16.1. The molecule has 1 saturated heterocycles. The van der Waals surface area contributed by atoms with Gasteiger partial charge in [0.25, 0.3) is 0 Å². The van der Waals surface area contributed by atoms with Crippen molar-refractivity contribution >= 4 is 5.91 Å². The van der Waals surface area contributed by atoms with Crippen LogP contribution in [0.15, 0.2) is 12.4 Å². The highest BCUT2D eigenvalue weighted by Gasteiger charge is 2.17. The minimum Gasteiger partial charge on any atom is -0.349 e. The van der Waals surface area contributed by atoms with Gasteiger partial charge in [0, 0.05) is 25.2 Å². The highest BCUT2D eigenvalue weighted by Crippen LogP contribution is 2.15. The normalized spacial score (nSPS) is 20.9. The Morgan fingerprint density at radius 2 is 2.56 bits per heavy atom. The second-order valence-corrected chi connectivity index (χ2v) is 5.13. The molecule has 100 valence electrons. The number of carbonyl (C=O) groups excluding carboxylic acids is 1. The van der Waals surface area contributed by atoms with E-state index in [4.69, 9.17) is 0 Å². The number of rotatable bonds is 5. The number of aromatic nitrogens is 2. The van der Waals surface area contributed by atoms with E-state index in [-0.39, 0.29) is 11.9 Å². The maximum absolute atomic E-state index is 11.8. The van der Waals surface area contributed by atoms with Gasteiger partial charge < -0.3 is 10.6 Å². The van der Waals surface area contributed by atoms with Crippen LogP contribution in [-0.4, -0.2) is 28.8 Å². The number of carbonyl (C=O) groups is 1. The summed E-state index contributed by atoms with van der Waals surface area (Å²) in [5.74, 6) is 0.808. The molecule has 2 N–H and O–H groups in total. The van der Waals surface area contributed by atoms with Crippen molar-refractivity contribution in [2.24, 2.45) is 13.0 Å². The van der Waals surface area contributed by atoms with E-state index in [2.05, 4.69) is 15.7 Å². The van der Waals surface area contributed by atoms with E-state index < -0.39 is 0 Å². The van der Waals surface area contributed by atoms with E-state index in [0.29, 0.717) is 12.3 Å². The molecule has 0 aliphatic carbocycles. The van der Waals surface area contributed by atoms with Crippen LogP contribution < -0.4 is 10.6 Å². The van der Waals surface area contributed by atoms with Crippen molar-refractivity contribution < 1.29 is 4.79 Å². The molecule has 18 heavy (non-hydrogen) atoms. The summed E-state index contributed by atoms with van der Waals surface area (Å²) in [7, 11) is 1.88. The van der Waals surface area contributed by atoms with Crippen LogP contribution in [0.5, 0.6) is 0 Å². The second kappa shape index (κ2) is 6.00. The third kappa shape index (κ3) is 3.57. The molecule has 0 radical (unpaired) electrons. The van der Waals surface area contributed by atoms with Gasteiger partial charge in [-0.3, -0.25) is 9.48 Å². The van der Waals surface area contributed by atoms with E-state index in [9.17, 15) is 4.79 Å². The van der Waals surface area contributed by atoms with Gasteiger partial charge in [0.2, 0.25) is 5.91 Å². The largest absolute Gasteiger partial charge is 0.349 e. The van der Waals surface area contributed by atoms with Gasteiger partial charge in [-0.2, -0.15) is 5.10 Å². The lowest BCUT2D eigenvalue weighted by molar-refractivity contribution is -0.122. The van der Waals surface area contributed by atoms with Crippen LogP contribution >= 0.6 is 0 Å². The van der Waals surface area contributed by atoms with Crippen LogP contribution in [0.25, 0.3) is 0 Å². The standard InChI is InChI=1S/C13H22N4O/c1-10(12-8-15-17(2)9-12)16-13(18)4-3-11-5-6-14-7-11/h8-11,14H,3-7H2,1-2H3,(H,16,18). The predicted octanol–water partition coefficient (Wildman–Crippen LogP) is 0.987. The Bertz CT molecular complexity index is 395. The van der Waals surface area contributed by atoms with Crippen molar-refractivity contribution in [1.82, 2.24) is 20.4 Å². The Balaban J connectivity index is 1.73. The zero-order valence-electron chi connectivity index (χ0n) is 11.1. The molecule has 1 aromatic rings. The Kier molecular flexibility index (Phi) is 4.36. The molecule has 1 aliphatic rings. The SMILES string of the molecule is CC(NC(=O)CCC1CCNC1)c1cnn(C)c1. The van der Waals surface area contributed by atoms with Crippen LogP contribution in [0.1, 0.15) is 37.8 Å². The molecule has 2 atom stereocenters. The monoisotopic (exact) mass is 250 g/mol. The van der Waals surface area contributed by atoms with Crippen molar-refractivity contribution in [3.05, 3.63) is 18.0 Å². The number of nitrogens with zero attached hydrogens (tertiary/aromatic N) is 2. The van der Waals surface area contributed by atoms with Crippen LogP contribution in [-0.2, 0) is 11.8 Å². The van der Waals surface area contributed by atoms with Crippen LogP contribution in [0.4, 0.5) is 0 Å². The summed E-state index contributed by atoms with van der Waals surface area (Å²) in [5, 5.41) is 10.5. The molecule has 0 saturated carbocycles. The van der Waals surface area contributed by atoms with E-state index in [1.54, 1.807) is 10.9 Å². The highest BCUT2D eigenvalue weighted by molar-refractivity contribution is 5.76. The number of hydrogen-bond acceptors (Lipinski definition) is 3. The van der Waals surface area contributed by atoms with Crippen molar-refractivity contribution in [3.8, 4) is 0 Å². The first-order valence-electron chi connectivity index (χ1n) is 6.64. The summed E-state index contributed by atoms with van der Waals surface area (Å²) in [4.78, 5) is 11.8. The minimum absolute atomic E-state index is 0.0351. The Morgan fingerprint density at radius 3 is 3.17 bits per heavy atom. The summed E-state index contributed by atoms with van der Waals surface area (Å²) in [6, 6.07) is 0.0351. The summed E-state index contributed by atoms with van der Waals surface area (Å²) in [6.45, 7) is 4.15. The molecule has 5 heteroatoms. The molecule has 0 aromatic carbocycles. The molecule has 0 spiro atoms. The zero-order valence-corrected chi connectivity index (χ0v) is 11.1. The summed E-state index contributed by atoms with van der Waals surface area (Å²) in [5.41, 5.74) is 1.05. The quantitative estimate of drug-likeness (QED) is 0.819.